The monoisotopic (exact) mass is 526 g/mol. The number of benzene rings is 2. The molecule has 0 radical (unpaired) electrons. The number of hydrazone groups is 1. The second-order valence-corrected chi connectivity index (χ2v) is 11.8. The van der Waals surface area contributed by atoms with Gasteiger partial charge in [-0.3, -0.25) is 4.79 Å². The van der Waals surface area contributed by atoms with Crippen LogP contribution in [0.2, 0.25) is 0 Å². The molecule has 180 valence electrons. The molecular weight excluding hydrogens is 504 g/mol. The lowest BCUT2D eigenvalue weighted by molar-refractivity contribution is 0.0730. The summed E-state index contributed by atoms with van der Waals surface area (Å²) in [5.74, 6) is -0.399. The first-order valence-corrected chi connectivity index (χ1v) is 14.0. The van der Waals surface area contributed by atoms with Crippen molar-refractivity contribution in [3.63, 3.8) is 0 Å². The third-order valence-electron chi connectivity index (χ3n) is 5.46. The number of fused-ring (bicyclic) bond motifs is 1. The number of aryl methyl sites for hydroxylation is 1. The van der Waals surface area contributed by atoms with Gasteiger partial charge >= 0.3 is 0 Å². The molecule has 1 fully saturated rings. The number of aromatic nitrogens is 1. The Morgan fingerprint density at radius 3 is 2.63 bits per heavy atom. The number of carbonyl (C=O) groups is 1. The van der Waals surface area contributed by atoms with Gasteiger partial charge in [0.25, 0.3) is 5.91 Å². The van der Waals surface area contributed by atoms with Crippen molar-refractivity contribution in [1.29, 1.82) is 0 Å². The number of ether oxygens (including phenoxy) is 1. The van der Waals surface area contributed by atoms with Gasteiger partial charge in [0.05, 0.1) is 34.5 Å². The Bertz CT molecular complexity index is 1470. The number of rotatable bonds is 6. The molecule has 0 spiro atoms. The van der Waals surface area contributed by atoms with E-state index in [1.54, 1.807) is 6.21 Å². The van der Waals surface area contributed by atoms with Crippen molar-refractivity contribution >= 4 is 60.2 Å². The standard InChI is InChI=1S/C24H22N4O4S3/c1-17-4-9-21-22(15-17)34-24(26-21)28(25-16-19-3-2-14-33-19)23(29)18-5-7-20(8-6-18)35(30,31)27-10-12-32-13-11-27/h2-9,14-16H,10-13H2,1H3/b25-16+. The van der Waals surface area contributed by atoms with Gasteiger partial charge in [0.1, 0.15) is 0 Å². The van der Waals surface area contributed by atoms with Gasteiger partial charge in [-0.2, -0.15) is 14.4 Å². The molecule has 8 nitrogen and oxygen atoms in total. The predicted molar refractivity (Wildman–Crippen MR) is 139 cm³/mol. The van der Waals surface area contributed by atoms with E-state index in [0.717, 1.165) is 20.7 Å². The number of amides is 1. The highest BCUT2D eigenvalue weighted by Crippen LogP contribution is 2.31. The van der Waals surface area contributed by atoms with E-state index in [2.05, 4.69) is 10.1 Å². The third-order valence-corrected chi connectivity index (χ3v) is 9.17. The van der Waals surface area contributed by atoms with E-state index in [9.17, 15) is 13.2 Å². The fourth-order valence-electron chi connectivity index (χ4n) is 3.61. The maximum Gasteiger partial charge on any atom is 0.280 e. The van der Waals surface area contributed by atoms with Crippen LogP contribution in [0.4, 0.5) is 5.13 Å². The third kappa shape index (κ3) is 5.04. The van der Waals surface area contributed by atoms with Crippen molar-refractivity contribution in [3.05, 3.63) is 76.0 Å². The predicted octanol–water partition coefficient (Wildman–Crippen LogP) is 4.37. The van der Waals surface area contributed by atoms with Crippen LogP contribution in [0.1, 0.15) is 20.8 Å². The normalized spacial score (nSPS) is 15.1. The highest BCUT2D eigenvalue weighted by atomic mass is 32.2. The van der Waals surface area contributed by atoms with Crippen LogP contribution >= 0.6 is 22.7 Å². The summed E-state index contributed by atoms with van der Waals surface area (Å²) < 4.78 is 33.5. The summed E-state index contributed by atoms with van der Waals surface area (Å²) in [6.07, 6.45) is 1.62. The second-order valence-electron chi connectivity index (χ2n) is 7.89. The van der Waals surface area contributed by atoms with E-state index in [1.165, 1.54) is 56.3 Å². The van der Waals surface area contributed by atoms with Crippen LogP contribution in [-0.4, -0.2) is 56.1 Å². The maximum atomic E-state index is 13.5. The van der Waals surface area contributed by atoms with E-state index in [4.69, 9.17) is 4.74 Å². The number of nitrogens with zero attached hydrogens (tertiary/aromatic N) is 4. The first kappa shape index (κ1) is 23.8. The van der Waals surface area contributed by atoms with Crippen molar-refractivity contribution in [2.24, 2.45) is 5.10 Å². The zero-order valence-corrected chi connectivity index (χ0v) is 21.3. The molecule has 0 atom stereocenters. The van der Waals surface area contributed by atoms with Gasteiger partial charge in [0.15, 0.2) is 0 Å². The van der Waals surface area contributed by atoms with Gasteiger partial charge in [-0.1, -0.05) is 23.5 Å². The summed E-state index contributed by atoms with van der Waals surface area (Å²) in [5, 5.41) is 8.09. The minimum atomic E-state index is -3.65. The van der Waals surface area contributed by atoms with Crippen LogP contribution in [0.25, 0.3) is 10.2 Å². The van der Waals surface area contributed by atoms with Crippen molar-refractivity contribution in [1.82, 2.24) is 9.29 Å². The molecule has 35 heavy (non-hydrogen) atoms. The Kier molecular flexibility index (Phi) is 6.76. The SMILES string of the molecule is Cc1ccc2nc(N(/N=C/c3cccs3)C(=O)c3ccc(S(=O)(=O)N4CCOCC4)cc3)sc2c1. The number of carbonyl (C=O) groups excluding carboxylic acids is 1. The number of morpholine rings is 1. The minimum absolute atomic E-state index is 0.139. The van der Waals surface area contributed by atoms with E-state index in [-0.39, 0.29) is 4.90 Å². The summed E-state index contributed by atoms with van der Waals surface area (Å²) in [6.45, 7) is 3.36. The first-order chi connectivity index (χ1) is 16.9. The summed E-state index contributed by atoms with van der Waals surface area (Å²) in [6, 6.07) is 15.7. The molecule has 1 aliphatic heterocycles. The van der Waals surface area contributed by atoms with Gasteiger partial charge in [-0.25, -0.2) is 13.4 Å². The number of hydrogen-bond acceptors (Lipinski definition) is 8. The lowest BCUT2D eigenvalue weighted by atomic mass is 10.2. The molecule has 0 unspecified atom stereocenters. The molecular formula is C24H22N4O4S3. The number of hydrogen-bond donors (Lipinski definition) is 0. The Hall–Kier alpha value is -2.96. The van der Waals surface area contributed by atoms with E-state index >= 15 is 0 Å². The topological polar surface area (TPSA) is 92.2 Å². The Balaban J connectivity index is 1.47. The zero-order valence-electron chi connectivity index (χ0n) is 18.8. The number of thiazole rings is 1. The first-order valence-electron chi connectivity index (χ1n) is 10.9. The summed E-state index contributed by atoms with van der Waals surface area (Å²) in [7, 11) is -3.65. The van der Waals surface area contributed by atoms with E-state index < -0.39 is 15.9 Å². The molecule has 1 amide bonds. The maximum absolute atomic E-state index is 13.5. The molecule has 1 saturated heterocycles. The molecule has 0 saturated carbocycles. The lowest BCUT2D eigenvalue weighted by Crippen LogP contribution is -2.40. The van der Waals surface area contributed by atoms with Gasteiger partial charge in [0, 0.05) is 23.5 Å². The Morgan fingerprint density at radius 1 is 1.14 bits per heavy atom. The molecule has 2 aromatic heterocycles. The number of sulfonamides is 1. The lowest BCUT2D eigenvalue weighted by Gasteiger charge is -2.26. The fraction of sp³-hybridized carbons (Fsp3) is 0.208. The molecule has 5 rings (SSSR count). The molecule has 0 bridgehead atoms. The van der Waals surface area contributed by atoms with Crippen LogP contribution in [0, 0.1) is 6.92 Å². The molecule has 0 aliphatic carbocycles. The van der Waals surface area contributed by atoms with Gasteiger partial charge in [-0.05, 0) is 60.3 Å². The van der Waals surface area contributed by atoms with Crippen molar-refractivity contribution in [2.75, 3.05) is 31.3 Å². The van der Waals surface area contributed by atoms with Crippen LogP contribution in [0.15, 0.2) is 70.0 Å². The summed E-state index contributed by atoms with van der Waals surface area (Å²) in [4.78, 5) is 19.2. The van der Waals surface area contributed by atoms with Gasteiger partial charge < -0.3 is 4.74 Å². The molecule has 11 heteroatoms. The Morgan fingerprint density at radius 2 is 1.91 bits per heavy atom. The van der Waals surface area contributed by atoms with Gasteiger partial charge in [-0.15, -0.1) is 11.3 Å². The van der Waals surface area contributed by atoms with E-state index in [0.29, 0.717) is 37.0 Å². The highest BCUT2D eigenvalue weighted by Gasteiger charge is 2.27. The average Bonchev–Trinajstić information content (AvgIpc) is 3.54. The fourth-order valence-corrected chi connectivity index (χ4v) is 6.61. The van der Waals surface area contributed by atoms with Crippen molar-refractivity contribution in [3.8, 4) is 0 Å². The largest absolute Gasteiger partial charge is 0.379 e. The van der Waals surface area contributed by atoms with E-state index in [1.807, 2.05) is 42.6 Å². The van der Waals surface area contributed by atoms with Crippen LogP contribution < -0.4 is 5.01 Å². The van der Waals surface area contributed by atoms with Crippen LogP contribution in [0.5, 0.6) is 0 Å². The van der Waals surface area contributed by atoms with Crippen molar-refractivity contribution < 1.29 is 17.9 Å². The van der Waals surface area contributed by atoms with Gasteiger partial charge in [0.2, 0.25) is 15.2 Å². The molecule has 3 heterocycles. The summed E-state index contributed by atoms with van der Waals surface area (Å²) >= 11 is 2.88. The number of anilines is 1. The van der Waals surface area contributed by atoms with Crippen molar-refractivity contribution in [2.45, 2.75) is 11.8 Å². The smallest absolute Gasteiger partial charge is 0.280 e. The number of thiophene rings is 1. The zero-order chi connectivity index (χ0) is 24.4. The van der Waals surface area contributed by atoms with Crippen LogP contribution in [-0.2, 0) is 14.8 Å². The molecule has 2 aromatic carbocycles. The average molecular weight is 527 g/mol. The summed E-state index contributed by atoms with van der Waals surface area (Å²) in [5.41, 5.74) is 2.20. The Labute approximate surface area is 211 Å². The minimum Gasteiger partial charge on any atom is -0.379 e. The molecule has 0 N–H and O–H groups in total. The molecule has 1 aliphatic rings. The molecule has 4 aromatic rings. The van der Waals surface area contributed by atoms with Crippen LogP contribution in [0.3, 0.4) is 0 Å². The quantitative estimate of drug-likeness (QED) is 0.275. The highest BCUT2D eigenvalue weighted by molar-refractivity contribution is 7.89. The second kappa shape index (κ2) is 9.96.